The molecule has 1 saturated carbocycles. The highest BCUT2D eigenvalue weighted by molar-refractivity contribution is 5.72. The standard InChI is InChI=1S/C20H26N8O/c21-18(29)13-3-4-14(11-13)23-20-22-12-17-19(24-20)28(26-25-17)16-7-5-15(6-8-16)27-9-1-2-10-27/h5-8,12-14,18,29H,1-4,9-11,21H2,(H,22,23,24)/t13-,14-,18?/m1/s1. The van der Waals surface area contributed by atoms with Crippen molar-refractivity contribution < 1.29 is 5.11 Å². The Kier molecular flexibility index (Phi) is 4.76. The van der Waals surface area contributed by atoms with Gasteiger partial charge < -0.3 is 21.1 Å². The minimum Gasteiger partial charge on any atom is -0.379 e. The fourth-order valence-electron chi connectivity index (χ4n) is 4.39. The summed E-state index contributed by atoms with van der Waals surface area (Å²) in [6, 6.07) is 8.58. The third-order valence-electron chi connectivity index (χ3n) is 6.05. The number of aromatic nitrogens is 5. The lowest BCUT2D eigenvalue weighted by Crippen LogP contribution is -2.29. The molecule has 2 fully saturated rings. The lowest BCUT2D eigenvalue weighted by Gasteiger charge is -2.17. The largest absolute Gasteiger partial charge is 0.379 e. The van der Waals surface area contributed by atoms with Crippen LogP contribution in [0.4, 0.5) is 11.6 Å². The molecule has 0 bridgehead atoms. The Morgan fingerprint density at radius 2 is 1.86 bits per heavy atom. The first-order valence-corrected chi connectivity index (χ1v) is 10.3. The zero-order valence-corrected chi connectivity index (χ0v) is 16.3. The number of hydrogen-bond donors (Lipinski definition) is 3. The van der Waals surface area contributed by atoms with Gasteiger partial charge in [0.05, 0.1) is 11.9 Å². The van der Waals surface area contributed by atoms with Crippen molar-refractivity contribution in [3.8, 4) is 5.69 Å². The van der Waals surface area contributed by atoms with Gasteiger partial charge in [-0.2, -0.15) is 9.67 Å². The van der Waals surface area contributed by atoms with Crippen molar-refractivity contribution in [1.29, 1.82) is 0 Å². The molecule has 5 rings (SSSR count). The van der Waals surface area contributed by atoms with Crippen LogP contribution in [0.3, 0.4) is 0 Å². The van der Waals surface area contributed by atoms with Crippen LogP contribution in [0.1, 0.15) is 32.1 Å². The molecule has 0 spiro atoms. The molecule has 0 radical (unpaired) electrons. The van der Waals surface area contributed by atoms with Crippen molar-refractivity contribution in [2.75, 3.05) is 23.3 Å². The smallest absolute Gasteiger partial charge is 0.225 e. The molecule has 152 valence electrons. The number of nitrogens with zero attached hydrogens (tertiary/aromatic N) is 6. The van der Waals surface area contributed by atoms with Gasteiger partial charge in [0.25, 0.3) is 0 Å². The molecule has 2 aliphatic rings. The van der Waals surface area contributed by atoms with Crippen LogP contribution in [0.25, 0.3) is 16.9 Å². The van der Waals surface area contributed by atoms with Crippen LogP contribution < -0.4 is 16.0 Å². The molecular formula is C20H26N8O. The first-order valence-electron chi connectivity index (χ1n) is 10.3. The van der Waals surface area contributed by atoms with Gasteiger partial charge in [0, 0.05) is 30.7 Å². The van der Waals surface area contributed by atoms with E-state index in [9.17, 15) is 5.11 Å². The summed E-state index contributed by atoms with van der Waals surface area (Å²) in [4.78, 5) is 11.4. The zero-order valence-electron chi connectivity index (χ0n) is 16.3. The van der Waals surface area contributed by atoms with Gasteiger partial charge in [-0.25, -0.2) is 4.98 Å². The molecule has 3 heterocycles. The van der Waals surface area contributed by atoms with Gasteiger partial charge >= 0.3 is 0 Å². The lowest BCUT2D eigenvalue weighted by molar-refractivity contribution is 0.117. The Morgan fingerprint density at radius 1 is 1.10 bits per heavy atom. The van der Waals surface area contributed by atoms with Crippen LogP contribution in [0.5, 0.6) is 0 Å². The highest BCUT2D eigenvalue weighted by atomic mass is 16.3. The van der Waals surface area contributed by atoms with E-state index >= 15 is 0 Å². The molecule has 3 atom stereocenters. The van der Waals surface area contributed by atoms with E-state index in [4.69, 9.17) is 5.73 Å². The first-order chi connectivity index (χ1) is 14.2. The van der Waals surface area contributed by atoms with Crippen LogP contribution in [-0.2, 0) is 0 Å². The Balaban J connectivity index is 1.37. The van der Waals surface area contributed by atoms with Gasteiger partial charge in [0.15, 0.2) is 11.2 Å². The molecular weight excluding hydrogens is 368 g/mol. The first kappa shape index (κ1) is 18.3. The second kappa shape index (κ2) is 7.57. The molecule has 1 aliphatic carbocycles. The average molecular weight is 394 g/mol. The fraction of sp³-hybridized carbons (Fsp3) is 0.500. The molecule has 2 aromatic heterocycles. The maximum Gasteiger partial charge on any atom is 0.225 e. The van der Waals surface area contributed by atoms with E-state index in [0.717, 1.165) is 38.0 Å². The summed E-state index contributed by atoms with van der Waals surface area (Å²) >= 11 is 0. The lowest BCUT2D eigenvalue weighted by atomic mass is 10.1. The predicted molar refractivity (Wildman–Crippen MR) is 111 cm³/mol. The summed E-state index contributed by atoms with van der Waals surface area (Å²) in [6.45, 7) is 2.24. The maximum absolute atomic E-state index is 9.60. The monoisotopic (exact) mass is 394 g/mol. The number of fused-ring (bicyclic) bond motifs is 1. The molecule has 0 amide bonds. The Morgan fingerprint density at radius 3 is 2.59 bits per heavy atom. The normalized spacial score (nSPS) is 23.0. The zero-order chi connectivity index (χ0) is 19.8. The maximum atomic E-state index is 9.60. The Hall–Kier alpha value is -2.78. The van der Waals surface area contributed by atoms with E-state index in [1.54, 1.807) is 10.9 Å². The van der Waals surface area contributed by atoms with E-state index in [1.807, 2.05) is 0 Å². The van der Waals surface area contributed by atoms with E-state index < -0.39 is 6.23 Å². The van der Waals surface area contributed by atoms with Crippen LogP contribution in [0.15, 0.2) is 30.5 Å². The van der Waals surface area contributed by atoms with Gasteiger partial charge in [0.2, 0.25) is 5.95 Å². The van der Waals surface area contributed by atoms with Crippen molar-refractivity contribution in [2.24, 2.45) is 11.7 Å². The number of nitrogens with one attached hydrogen (secondary N) is 1. The van der Waals surface area contributed by atoms with Crippen molar-refractivity contribution >= 4 is 22.8 Å². The van der Waals surface area contributed by atoms with Crippen LogP contribution in [-0.4, -0.2) is 55.4 Å². The van der Waals surface area contributed by atoms with Gasteiger partial charge in [0.1, 0.15) is 6.23 Å². The SMILES string of the molecule is NC(O)[C@@H]1CC[C@@H](Nc2ncc3nnn(-c4ccc(N5CCCC5)cc4)c3n2)C1. The second-order valence-electron chi connectivity index (χ2n) is 8.02. The van der Waals surface area contributed by atoms with Crippen molar-refractivity contribution in [3.63, 3.8) is 0 Å². The van der Waals surface area contributed by atoms with Gasteiger partial charge in [-0.1, -0.05) is 5.21 Å². The summed E-state index contributed by atoms with van der Waals surface area (Å²) in [5.41, 5.74) is 9.11. The molecule has 29 heavy (non-hydrogen) atoms. The minimum atomic E-state index is -0.764. The summed E-state index contributed by atoms with van der Waals surface area (Å²) in [5.74, 6) is 0.671. The highest BCUT2D eigenvalue weighted by Gasteiger charge is 2.28. The fourth-order valence-corrected chi connectivity index (χ4v) is 4.39. The molecule has 1 unspecified atom stereocenters. The van der Waals surface area contributed by atoms with Gasteiger partial charge in [-0.05, 0) is 56.4 Å². The topological polar surface area (TPSA) is 118 Å². The second-order valence-corrected chi connectivity index (χ2v) is 8.02. The van der Waals surface area contributed by atoms with E-state index in [2.05, 4.69) is 54.8 Å². The molecule has 9 nitrogen and oxygen atoms in total. The summed E-state index contributed by atoms with van der Waals surface area (Å²) < 4.78 is 1.75. The van der Waals surface area contributed by atoms with E-state index in [1.165, 1.54) is 18.5 Å². The number of aliphatic hydroxyl groups excluding tert-OH is 1. The highest BCUT2D eigenvalue weighted by Crippen LogP contribution is 2.29. The van der Waals surface area contributed by atoms with Crippen molar-refractivity contribution in [2.45, 2.75) is 44.4 Å². The quantitative estimate of drug-likeness (QED) is 0.559. The number of aliphatic hydroxyl groups is 1. The van der Waals surface area contributed by atoms with E-state index in [0.29, 0.717) is 17.1 Å². The summed E-state index contributed by atoms with van der Waals surface area (Å²) in [5, 5.41) is 21.4. The van der Waals surface area contributed by atoms with Crippen molar-refractivity contribution in [1.82, 2.24) is 25.0 Å². The van der Waals surface area contributed by atoms with Crippen LogP contribution in [0.2, 0.25) is 0 Å². The number of benzene rings is 1. The Bertz CT molecular complexity index is 980. The van der Waals surface area contributed by atoms with Gasteiger partial charge in [-0.15, -0.1) is 5.10 Å². The number of nitrogens with two attached hydrogens (primary N) is 1. The predicted octanol–water partition coefficient (Wildman–Crippen LogP) is 1.67. The average Bonchev–Trinajstić information content (AvgIpc) is 3.49. The Labute approximate surface area is 168 Å². The van der Waals surface area contributed by atoms with Gasteiger partial charge in [-0.3, -0.25) is 0 Å². The molecule has 4 N–H and O–H groups in total. The third kappa shape index (κ3) is 3.63. The summed E-state index contributed by atoms with van der Waals surface area (Å²) in [6.07, 6.45) is 6.10. The van der Waals surface area contributed by atoms with Crippen LogP contribution >= 0.6 is 0 Å². The molecule has 1 aliphatic heterocycles. The van der Waals surface area contributed by atoms with E-state index in [-0.39, 0.29) is 12.0 Å². The molecule has 1 aromatic carbocycles. The third-order valence-corrected chi connectivity index (χ3v) is 6.05. The summed E-state index contributed by atoms with van der Waals surface area (Å²) in [7, 11) is 0. The molecule has 1 saturated heterocycles. The molecule has 9 heteroatoms. The van der Waals surface area contributed by atoms with Crippen LogP contribution in [0, 0.1) is 5.92 Å². The minimum absolute atomic E-state index is 0.123. The number of hydrogen-bond acceptors (Lipinski definition) is 8. The number of anilines is 2. The van der Waals surface area contributed by atoms with Crippen molar-refractivity contribution in [3.05, 3.63) is 30.5 Å². The number of rotatable bonds is 5. The molecule has 3 aromatic rings.